The van der Waals surface area contributed by atoms with Gasteiger partial charge in [-0.3, -0.25) is 0 Å². The highest BCUT2D eigenvalue weighted by Crippen LogP contribution is 2.41. The lowest BCUT2D eigenvalue weighted by molar-refractivity contribution is 0.00855. The van der Waals surface area contributed by atoms with Crippen LogP contribution >= 0.6 is 0 Å². The highest BCUT2D eigenvalue weighted by molar-refractivity contribution is 5.29. The zero-order chi connectivity index (χ0) is 14.2. The third-order valence-electron chi connectivity index (χ3n) is 4.83. The summed E-state index contributed by atoms with van der Waals surface area (Å²) >= 11 is 0. The van der Waals surface area contributed by atoms with E-state index in [4.69, 9.17) is 4.74 Å². The van der Waals surface area contributed by atoms with Gasteiger partial charge in [-0.2, -0.15) is 0 Å². The second-order valence-corrected chi connectivity index (χ2v) is 7.25. The number of aromatic nitrogens is 1. The molecule has 0 spiro atoms. The first-order valence-electron chi connectivity index (χ1n) is 8.03. The highest BCUT2D eigenvalue weighted by Gasteiger charge is 2.33. The molecule has 3 rings (SSSR count). The molecule has 1 aromatic rings. The van der Waals surface area contributed by atoms with Crippen LogP contribution in [0.5, 0.6) is 0 Å². The van der Waals surface area contributed by atoms with Crippen LogP contribution < -0.4 is 0 Å². The summed E-state index contributed by atoms with van der Waals surface area (Å²) in [6.45, 7) is 6.45. The largest absolute Gasteiger partial charge is 0.388 e. The summed E-state index contributed by atoms with van der Waals surface area (Å²) in [4.78, 5) is 0. The van der Waals surface area contributed by atoms with Gasteiger partial charge in [0.1, 0.15) is 0 Å². The highest BCUT2D eigenvalue weighted by atomic mass is 16.5. The number of ether oxygens (including phenoxy) is 1. The van der Waals surface area contributed by atoms with Gasteiger partial charge >= 0.3 is 0 Å². The van der Waals surface area contributed by atoms with E-state index in [-0.39, 0.29) is 11.5 Å². The van der Waals surface area contributed by atoms with Gasteiger partial charge in [0.2, 0.25) is 0 Å². The first kappa shape index (κ1) is 14.2. The molecule has 1 aliphatic carbocycles. The van der Waals surface area contributed by atoms with Crippen LogP contribution in [0.25, 0.3) is 0 Å². The molecule has 2 aliphatic rings. The Morgan fingerprint density at radius 1 is 1.40 bits per heavy atom. The first-order valence-corrected chi connectivity index (χ1v) is 8.03. The van der Waals surface area contributed by atoms with E-state index in [0.717, 1.165) is 38.0 Å². The van der Waals surface area contributed by atoms with E-state index < -0.39 is 0 Å². The van der Waals surface area contributed by atoms with Gasteiger partial charge in [0.15, 0.2) is 0 Å². The number of aryl methyl sites for hydroxylation is 1. The Kier molecular flexibility index (Phi) is 3.91. The molecule has 2 atom stereocenters. The molecule has 3 nitrogen and oxygen atoms in total. The van der Waals surface area contributed by atoms with E-state index in [0.29, 0.717) is 6.10 Å². The number of rotatable bonds is 3. The van der Waals surface area contributed by atoms with Crippen LogP contribution in [0.2, 0.25) is 0 Å². The van der Waals surface area contributed by atoms with E-state index in [1.54, 1.807) is 0 Å². The zero-order valence-corrected chi connectivity index (χ0v) is 12.8. The van der Waals surface area contributed by atoms with Crippen LogP contribution in [0.3, 0.4) is 0 Å². The fourth-order valence-corrected chi connectivity index (χ4v) is 3.72. The Bertz CT molecular complexity index is 458. The van der Waals surface area contributed by atoms with Crippen LogP contribution in [0, 0.1) is 5.41 Å². The Hall–Kier alpha value is -0.800. The van der Waals surface area contributed by atoms with Crippen molar-refractivity contribution in [2.45, 2.75) is 71.1 Å². The van der Waals surface area contributed by atoms with Gasteiger partial charge in [-0.15, -0.1) is 0 Å². The molecule has 1 aliphatic heterocycles. The maximum absolute atomic E-state index is 10.3. The summed E-state index contributed by atoms with van der Waals surface area (Å²) < 4.78 is 8.16. The van der Waals surface area contributed by atoms with Crippen LogP contribution in [0.1, 0.15) is 63.3 Å². The molecular weight excluding hydrogens is 250 g/mol. The average Bonchev–Trinajstić information content (AvgIpc) is 2.79. The molecule has 0 radical (unpaired) electrons. The summed E-state index contributed by atoms with van der Waals surface area (Å²) in [5, 5.41) is 10.3. The van der Waals surface area contributed by atoms with E-state index in [9.17, 15) is 5.11 Å². The van der Waals surface area contributed by atoms with Crippen molar-refractivity contribution in [2.75, 3.05) is 6.61 Å². The summed E-state index contributed by atoms with van der Waals surface area (Å²) in [5.74, 6) is 0. The molecule has 1 aromatic heterocycles. The number of fused-ring (bicyclic) bond motifs is 1. The lowest BCUT2D eigenvalue weighted by atomic mass is 9.75. The van der Waals surface area contributed by atoms with Gasteiger partial charge in [0.05, 0.1) is 12.2 Å². The molecule has 0 aromatic carbocycles. The summed E-state index contributed by atoms with van der Waals surface area (Å²) in [5.41, 5.74) is 2.68. The summed E-state index contributed by atoms with van der Waals surface area (Å²) in [6, 6.07) is 2.11. The Balaban J connectivity index is 1.69. The number of hydrogen-bond donors (Lipinski definition) is 1. The fourth-order valence-electron chi connectivity index (χ4n) is 3.72. The van der Waals surface area contributed by atoms with Crippen molar-refractivity contribution >= 4 is 0 Å². The maximum Gasteiger partial charge on any atom is 0.0812 e. The number of aliphatic hydroxyl groups excluding tert-OH is 1. The predicted molar refractivity (Wildman–Crippen MR) is 79.7 cm³/mol. The van der Waals surface area contributed by atoms with Crippen molar-refractivity contribution in [3.05, 3.63) is 23.5 Å². The Morgan fingerprint density at radius 3 is 3.00 bits per heavy atom. The second-order valence-electron chi connectivity index (χ2n) is 7.25. The average molecular weight is 277 g/mol. The van der Waals surface area contributed by atoms with Crippen molar-refractivity contribution in [1.29, 1.82) is 0 Å². The lowest BCUT2D eigenvalue weighted by Gasteiger charge is -2.34. The van der Waals surface area contributed by atoms with Crippen LogP contribution in [0.4, 0.5) is 0 Å². The number of hydrogen-bond acceptors (Lipinski definition) is 2. The standard InChI is InChI=1S/C17H27NO2/c1-17(2)11-15-14(16(19)12-17)7-9-18(15)8-6-13-5-3-4-10-20-13/h7,9,13,16,19H,3-6,8,10-12H2,1-2H3. The lowest BCUT2D eigenvalue weighted by Crippen LogP contribution is -2.27. The topological polar surface area (TPSA) is 34.4 Å². The number of aliphatic hydroxyl groups is 1. The van der Waals surface area contributed by atoms with Gasteiger partial charge in [0, 0.05) is 30.6 Å². The molecule has 0 amide bonds. The molecular formula is C17H27NO2. The van der Waals surface area contributed by atoms with Gasteiger partial charge in [-0.05, 0) is 50.0 Å². The van der Waals surface area contributed by atoms with E-state index >= 15 is 0 Å². The Morgan fingerprint density at radius 2 is 2.25 bits per heavy atom. The minimum absolute atomic E-state index is 0.198. The van der Waals surface area contributed by atoms with Crippen molar-refractivity contribution in [3.8, 4) is 0 Å². The van der Waals surface area contributed by atoms with Gasteiger partial charge in [0.25, 0.3) is 0 Å². The monoisotopic (exact) mass is 277 g/mol. The van der Waals surface area contributed by atoms with Crippen molar-refractivity contribution in [3.63, 3.8) is 0 Å². The van der Waals surface area contributed by atoms with Gasteiger partial charge in [-0.1, -0.05) is 13.8 Å². The fraction of sp³-hybridized carbons (Fsp3) is 0.765. The third kappa shape index (κ3) is 2.94. The molecule has 3 heteroatoms. The normalized spacial score (nSPS) is 29.1. The van der Waals surface area contributed by atoms with Crippen LogP contribution in [-0.4, -0.2) is 22.4 Å². The minimum atomic E-state index is -0.291. The first-order chi connectivity index (χ1) is 9.55. The molecule has 1 fully saturated rings. The van der Waals surface area contributed by atoms with E-state index in [1.165, 1.54) is 25.0 Å². The van der Waals surface area contributed by atoms with Gasteiger partial charge in [-0.25, -0.2) is 0 Å². The number of nitrogens with zero attached hydrogens (tertiary/aromatic N) is 1. The van der Waals surface area contributed by atoms with Gasteiger partial charge < -0.3 is 14.4 Å². The summed E-state index contributed by atoms with van der Waals surface area (Å²) in [7, 11) is 0. The van der Waals surface area contributed by atoms with E-state index in [2.05, 4.69) is 30.7 Å². The second kappa shape index (κ2) is 5.53. The molecule has 0 saturated carbocycles. The third-order valence-corrected chi connectivity index (χ3v) is 4.83. The molecule has 0 bridgehead atoms. The van der Waals surface area contributed by atoms with Crippen molar-refractivity contribution < 1.29 is 9.84 Å². The maximum atomic E-state index is 10.3. The quantitative estimate of drug-likeness (QED) is 0.918. The van der Waals surface area contributed by atoms with Crippen molar-refractivity contribution in [2.24, 2.45) is 5.41 Å². The molecule has 2 unspecified atom stereocenters. The van der Waals surface area contributed by atoms with E-state index in [1.807, 2.05) is 0 Å². The minimum Gasteiger partial charge on any atom is -0.388 e. The molecule has 112 valence electrons. The van der Waals surface area contributed by atoms with Crippen LogP contribution in [0.15, 0.2) is 12.3 Å². The zero-order valence-electron chi connectivity index (χ0n) is 12.8. The smallest absolute Gasteiger partial charge is 0.0812 e. The Labute approximate surface area is 121 Å². The molecule has 20 heavy (non-hydrogen) atoms. The summed E-state index contributed by atoms with van der Waals surface area (Å²) in [6.07, 6.45) is 9.06. The molecule has 1 saturated heterocycles. The predicted octanol–water partition coefficient (Wildman–Crippen LogP) is 3.45. The van der Waals surface area contributed by atoms with Crippen molar-refractivity contribution in [1.82, 2.24) is 4.57 Å². The molecule has 2 heterocycles. The SMILES string of the molecule is CC1(C)Cc2c(ccn2CCC2CCCCO2)C(O)C1. The molecule has 1 N–H and O–H groups in total. The van der Waals surface area contributed by atoms with Crippen LogP contribution in [-0.2, 0) is 17.7 Å².